The minimum atomic E-state index is -0.788. The van der Waals surface area contributed by atoms with Crippen molar-refractivity contribution in [1.29, 1.82) is 0 Å². The minimum absolute atomic E-state index is 0.446. The maximum atomic E-state index is 11.4. The van der Waals surface area contributed by atoms with Gasteiger partial charge in [-0.25, -0.2) is 0 Å². The number of aliphatic carboxylic acids is 1. The first kappa shape index (κ1) is 20.9. The van der Waals surface area contributed by atoms with Crippen molar-refractivity contribution in [3.63, 3.8) is 0 Å². The van der Waals surface area contributed by atoms with Gasteiger partial charge in [0.15, 0.2) is 0 Å². The standard InChI is InChI=1S/C28H26N2O3/c1-18(28(31)32)14-19-6-9-27(24(15-19)20-7-8-25-21(16-20)10-12-29-25)33-13-11-22-17-30-26-5-3-2-4-23(22)26/h2-10,12,15-18,29-30H,11,13-14H2,1H3,(H,31,32). The summed E-state index contributed by atoms with van der Waals surface area (Å²) in [5.41, 5.74) is 6.45. The normalized spacial score (nSPS) is 12.3. The molecule has 3 N–H and O–H groups in total. The van der Waals surface area contributed by atoms with Crippen LogP contribution in [0.25, 0.3) is 32.9 Å². The smallest absolute Gasteiger partial charge is 0.306 e. The molecule has 0 saturated heterocycles. The number of rotatable bonds is 8. The number of hydrogen-bond donors (Lipinski definition) is 3. The summed E-state index contributed by atoms with van der Waals surface area (Å²) in [5, 5.41) is 11.7. The number of H-pyrrole nitrogens is 2. The third kappa shape index (κ3) is 4.35. The van der Waals surface area contributed by atoms with Gasteiger partial charge in [-0.1, -0.05) is 37.3 Å². The van der Waals surface area contributed by atoms with Crippen LogP contribution in [0.4, 0.5) is 0 Å². The number of para-hydroxylation sites is 1. The highest BCUT2D eigenvalue weighted by Gasteiger charge is 2.15. The van der Waals surface area contributed by atoms with Crippen molar-refractivity contribution in [3.8, 4) is 16.9 Å². The quantitative estimate of drug-likeness (QED) is 0.270. The van der Waals surface area contributed by atoms with E-state index in [1.165, 1.54) is 10.9 Å². The molecule has 2 heterocycles. The summed E-state index contributed by atoms with van der Waals surface area (Å²) in [7, 11) is 0. The number of aromatic amines is 2. The molecule has 5 aromatic rings. The lowest BCUT2D eigenvalue weighted by Gasteiger charge is -2.15. The monoisotopic (exact) mass is 438 g/mol. The molecule has 0 amide bonds. The van der Waals surface area contributed by atoms with E-state index in [9.17, 15) is 9.90 Å². The molecule has 5 rings (SSSR count). The first-order chi connectivity index (χ1) is 16.1. The molecule has 5 nitrogen and oxygen atoms in total. The van der Waals surface area contributed by atoms with Gasteiger partial charge in [0.2, 0.25) is 0 Å². The van der Waals surface area contributed by atoms with Crippen molar-refractivity contribution >= 4 is 27.8 Å². The summed E-state index contributed by atoms with van der Waals surface area (Å²) in [4.78, 5) is 17.9. The van der Waals surface area contributed by atoms with E-state index in [-0.39, 0.29) is 0 Å². The van der Waals surface area contributed by atoms with E-state index in [2.05, 4.69) is 46.4 Å². The Balaban J connectivity index is 1.43. The van der Waals surface area contributed by atoms with Crippen LogP contribution in [-0.2, 0) is 17.6 Å². The molecule has 33 heavy (non-hydrogen) atoms. The fraction of sp³-hybridized carbons (Fsp3) is 0.179. The summed E-state index contributed by atoms with van der Waals surface area (Å²) in [6, 6.07) is 22.6. The van der Waals surface area contributed by atoms with Crippen LogP contribution in [0.2, 0.25) is 0 Å². The van der Waals surface area contributed by atoms with Crippen molar-refractivity contribution in [1.82, 2.24) is 9.97 Å². The fourth-order valence-corrected chi connectivity index (χ4v) is 4.33. The molecule has 166 valence electrons. The average molecular weight is 439 g/mol. The van der Waals surface area contributed by atoms with Gasteiger partial charge in [-0.05, 0) is 64.9 Å². The van der Waals surface area contributed by atoms with Gasteiger partial charge in [-0.2, -0.15) is 0 Å². The van der Waals surface area contributed by atoms with Crippen molar-refractivity contribution in [2.75, 3.05) is 6.61 Å². The first-order valence-corrected chi connectivity index (χ1v) is 11.2. The molecule has 0 radical (unpaired) electrons. The molecular formula is C28H26N2O3. The Bertz CT molecular complexity index is 1430. The molecule has 0 bridgehead atoms. The van der Waals surface area contributed by atoms with Gasteiger partial charge in [-0.3, -0.25) is 4.79 Å². The van der Waals surface area contributed by atoms with Gasteiger partial charge in [0.1, 0.15) is 5.75 Å². The second kappa shape index (κ2) is 8.87. The second-order valence-electron chi connectivity index (χ2n) is 8.51. The number of ether oxygens (including phenoxy) is 1. The predicted octanol–water partition coefficient (Wildman–Crippen LogP) is 6.20. The van der Waals surface area contributed by atoms with E-state index in [1.54, 1.807) is 6.92 Å². The number of benzene rings is 3. The summed E-state index contributed by atoms with van der Waals surface area (Å²) < 4.78 is 6.28. The number of aromatic nitrogens is 2. The van der Waals surface area contributed by atoms with Crippen LogP contribution in [0.5, 0.6) is 5.75 Å². The zero-order chi connectivity index (χ0) is 22.8. The van der Waals surface area contributed by atoms with Crippen LogP contribution in [0, 0.1) is 5.92 Å². The Hall–Kier alpha value is -3.99. The molecule has 0 fully saturated rings. The molecule has 3 aromatic carbocycles. The number of carboxylic acids is 1. The number of carboxylic acid groups (broad SMARTS) is 1. The Morgan fingerprint density at radius 2 is 1.88 bits per heavy atom. The maximum absolute atomic E-state index is 11.4. The largest absolute Gasteiger partial charge is 0.493 e. The predicted molar refractivity (Wildman–Crippen MR) is 132 cm³/mol. The van der Waals surface area contributed by atoms with E-state index in [1.807, 2.05) is 42.7 Å². The molecule has 2 aromatic heterocycles. The first-order valence-electron chi connectivity index (χ1n) is 11.2. The highest BCUT2D eigenvalue weighted by atomic mass is 16.5. The number of hydrogen-bond acceptors (Lipinski definition) is 2. The highest BCUT2D eigenvalue weighted by molar-refractivity contribution is 5.86. The van der Waals surface area contributed by atoms with Crippen molar-refractivity contribution in [3.05, 3.63) is 90.3 Å². The lowest BCUT2D eigenvalue weighted by atomic mass is 9.96. The molecular weight excluding hydrogens is 412 g/mol. The Morgan fingerprint density at radius 1 is 1.00 bits per heavy atom. The second-order valence-corrected chi connectivity index (χ2v) is 8.51. The lowest BCUT2D eigenvalue weighted by Crippen LogP contribution is -2.12. The zero-order valence-electron chi connectivity index (χ0n) is 18.5. The number of fused-ring (bicyclic) bond motifs is 2. The van der Waals surface area contributed by atoms with E-state index in [0.29, 0.717) is 13.0 Å². The Kier molecular flexibility index (Phi) is 5.61. The van der Waals surface area contributed by atoms with Crippen LogP contribution >= 0.6 is 0 Å². The van der Waals surface area contributed by atoms with Crippen LogP contribution in [0.15, 0.2) is 79.1 Å². The molecule has 0 spiro atoms. The maximum Gasteiger partial charge on any atom is 0.306 e. The van der Waals surface area contributed by atoms with Crippen LogP contribution in [0.3, 0.4) is 0 Å². The highest BCUT2D eigenvalue weighted by Crippen LogP contribution is 2.34. The van der Waals surface area contributed by atoms with Crippen molar-refractivity contribution < 1.29 is 14.6 Å². The molecule has 0 aliphatic heterocycles. The van der Waals surface area contributed by atoms with E-state index in [0.717, 1.165) is 45.3 Å². The lowest BCUT2D eigenvalue weighted by molar-refractivity contribution is -0.141. The summed E-state index contributed by atoms with van der Waals surface area (Å²) in [5.74, 6) is -0.431. The summed E-state index contributed by atoms with van der Waals surface area (Å²) in [6.45, 7) is 2.28. The minimum Gasteiger partial charge on any atom is -0.493 e. The topological polar surface area (TPSA) is 78.1 Å². The molecule has 1 atom stereocenters. The fourth-order valence-electron chi connectivity index (χ4n) is 4.33. The van der Waals surface area contributed by atoms with Gasteiger partial charge in [0.05, 0.1) is 12.5 Å². The Labute approximate surface area is 192 Å². The SMILES string of the molecule is CC(Cc1ccc(OCCc2c[nH]c3ccccc23)c(-c2ccc3[nH]ccc3c2)c1)C(=O)O. The third-order valence-corrected chi connectivity index (χ3v) is 6.18. The Morgan fingerprint density at radius 3 is 2.76 bits per heavy atom. The third-order valence-electron chi connectivity index (χ3n) is 6.18. The van der Waals surface area contributed by atoms with Crippen molar-refractivity contribution in [2.24, 2.45) is 5.92 Å². The van der Waals surface area contributed by atoms with E-state index < -0.39 is 11.9 Å². The van der Waals surface area contributed by atoms with Gasteiger partial charge in [-0.15, -0.1) is 0 Å². The van der Waals surface area contributed by atoms with Gasteiger partial charge in [0.25, 0.3) is 0 Å². The van der Waals surface area contributed by atoms with Crippen molar-refractivity contribution in [2.45, 2.75) is 19.8 Å². The van der Waals surface area contributed by atoms with Crippen LogP contribution in [0.1, 0.15) is 18.1 Å². The van der Waals surface area contributed by atoms with Gasteiger partial charge < -0.3 is 19.8 Å². The molecule has 5 heteroatoms. The van der Waals surface area contributed by atoms with E-state index in [4.69, 9.17) is 4.74 Å². The van der Waals surface area contributed by atoms with Gasteiger partial charge >= 0.3 is 5.97 Å². The van der Waals surface area contributed by atoms with Gasteiger partial charge in [0, 0.05) is 40.8 Å². The molecule has 0 saturated carbocycles. The summed E-state index contributed by atoms with van der Waals surface area (Å²) >= 11 is 0. The molecule has 0 aliphatic carbocycles. The van der Waals surface area contributed by atoms with Crippen LogP contribution in [-0.4, -0.2) is 27.7 Å². The average Bonchev–Trinajstić information content (AvgIpc) is 3.46. The molecule has 1 unspecified atom stereocenters. The van der Waals surface area contributed by atoms with E-state index >= 15 is 0 Å². The number of carbonyl (C=O) groups is 1. The van der Waals surface area contributed by atoms with Crippen LogP contribution < -0.4 is 4.74 Å². The zero-order valence-corrected chi connectivity index (χ0v) is 18.5. The molecule has 0 aliphatic rings. The number of nitrogens with one attached hydrogen (secondary N) is 2. The summed E-state index contributed by atoms with van der Waals surface area (Å²) in [6.07, 6.45) is 5.24.